The SMILES string of the molecule is Cc1cccc2sc(Nc3ncnc(Oc4ccc5ccccc5c4)c3N)nc12. The molecule has 7 heteroatoms. The van der Waals surface area contributed by atoms with Crippen molar-refractivity contribution in [3.8, 4) is 11.6 Å². The lowest BCUT2D eigenvalue weighted by Gasteiger charge is -2.11. The van der Waals surface area contributed by atoms with E-state index >= 15 is 0 Å². The number of anilines is 3. The minimum Gasteiger partial charge on any atom is -0.437 e. The van der Waals surface area contributed by atoms with Crippen LogP contribution in [0.5, 0.6) is 11.6 Å². The largest absolute Gasteiger partial charge is 0.437 e. The van der Waals surface area contributed by atoms with Crippen LogP contribution in [0.2, 0.25) is 0 Å². The third-order valence-electron chi connectivity index (χ3n) is 4.63. The van der Waals surface area contributed by atoms with Gasteiger partial charge < -0.3 is 15.8 Å². The summed E-state index contributed by atoms with van der Waals surface area (Å²) in [4.78, 5) is 13.1. The summed E-state index contributed by atoms with van der Waals surface area (Å²) in [6.45, 7) is 2.04. The number of aromatic nitrogens is 3. The van der Waals surface area contributed by atoms with Gasteiger partial charge in [0, 0.05) is 0 Å². The van der Waals surface area contributed by atoms with Gasteiger partial charge >= 0.3 is 0 Å². The summed E-state index contributed by atoms with van der Waals surface area (Å²) in [5.74, 6) is 1.43. The van der Waals surface area contributed by atoms with Gasteiger partial charge in [-0.3, -0.25) is 0 Å². The van der Waals surface area contributed by atoms with Gasteiger partial charge in [-0.1, -0.05) is 53.8 Å². The maximum absolute atomic E-state index is 6.28. The number of benzene rings is 3. The number of thiazole rings is 1. The maximum Gasteiger partial charge on any atom is 0.248 e. The van der Waals surface area contributed by atoms with E-state index in [1.54, 1.807) is 11.3 Å². The fraction of sp³-hybridized carbons (Fsp3) is 0.0455. The number of aryl methyl sites for hydroxylation is 1. The van der Waals surface area contributed by atoms with Crippen molar-refractivity contribution >= 4 is 49.0 Å². The van der Waals surface area contributed by atoms with E-state index in [1.807, 2.05) is 61.5 Å². The Balaban J connectivity index is 1.44. The first kappa shape index (κ1) is 17.4. The second kappa shape index (κ2) is 7.03. The number of hydrogen-bond acceptors (Lipinski definition) is 7. The van der Waals surface area contributed by atoms with Crippen LogP contribution in [0.1, 0.15) is 5.56 Å². The number of rotatable bonds is 4. The highest BCUT2D eigenvalue weighted by atomic mass is 32.1. The zero-order valence-corrected chi connectivity index (χ0v) is 16.4. The number of hydrogen-bond donors (Lipinski definition) is 2. The van der Waals surface area contributed by atoms with Crippen LogP contribution in [0, 0.1) is 6.92 Å². The summed E-state index contributed by atoms with van der Waals surface area (Å²) in [6.07, 6.45) is 1.42. The summed E-state index contributed by atoms with van der Waals surface area (Å²) < 4.78 is 7.04. The predicted molar refractivity (Wildman–Crippen MR) is 118 cm³/mol. The molecule has 0 saturated heterocycles. The van der Waals surface area contributed by atoms with Gasteiger partial charge in [-0.25, -0.2) is 9.97 Å². The number of fused-ring (bicyclic) bond motifs is 2. The normalized spacial score (nSPS) is 11.1. The number of nitrogen functional groups attached to an aromatic ring is 1. The summed E-state index contributed by atoms with van der Waals surface area (Å²) in [5.41, 5.74) is 8.71. The molecule has 0 bridgehead atoms. The monoisotopic (exact) mass is 399 g/mol. The molecule has 0 unspecified atom stereocenters. The summed E-state index contributed by atoms with van der Waals surface area (Å²) >= 11 is 1.55. The van der Waals surface area contributed by atoms with Gasteiger partial charge in [-0.15, -0.1) is 0 Å². The van der Waals surface area contributed by atoms with Crippen molar-refractivity contribution in [2.24, 2.45) is 0 Å². The Morgan fingerprint density at radius 3 is 2.69 bits per heavy atom. The van der Waals surface area contributed by atoms with Crippen molar-refractivity contribution in [2.45, 2.75) is 6.92 Å². The average molecular weight is 399 g/mol. The Kier molecular flexibility index (Phi) is 4.22. The highest BCUT2D eigenvalue weighted by Crippen LogP contribution is 2.34. The average Bonchev–Trinajstić information content (AvgIpc) is 3.15. The van der Waals surface area contributed by atoms with E-state index in [0.717, 1.165) is 31.7 Å². The maximum atomic E-state index is 6.28. The van der Waals surface area contributed by atoms with Gasteiger partial charge in [-0.2, -0.15) is 4.98 Å². The van der Waals surface area contributed by atoms with Crippen LogP contribution in [0.15, 0.2) is 67.0 Å². The first-order valence-corrected chi connectivity index (χ1v) is 9.89. The quantitative estimate of drug-likeness (QED) is 0.405. The number of nitrogens with two attached hydrogens (primary N) is 1. The van der Waals surface area contributed by atoms with Gasteiger partial charge in [0.1, 0.15) is 17.8 Å². The van der Waals surface area contributed by atoms with Crippen molar-refractivity contribution in [3.05, 3.63) is 72.6 Å². The molecule has 2 heterocycles. The minimum atomic E-state index is 0.301. The topological polar surface area (TPSA) is 86.0 Å². The van der Waals surface area contributed by atoms with Crippen molar-refractivity contribution < 1.29 is 4.74 Å². The molecule has 5 rings (SSSR count). The Bertz CT molecular complexity index is 1350. The Morgan fingerprint density at radius 1 is 0.966 bits per heavy atom. The van der Waals surface area contributed by atoms with Gasteiger partial charge in [0.15, 0.2) is 10.9 Å². The Labute approximate surface area is 171 Å². The second-order valence-corrected chi connectivity index (χ2v) is 7.65. The smallest absolute Gasteiger partial charge is 0.248 e. The van der Waals surface area contributed by atoms with Gasteiger partial charge in [-0.05, 0) is 41.5 Å². The molecular weight excluding hydrogens is 382 g/mol. The lowest BCUT2D eigenvalue weighted by Crippen LogP contribution is -2.03. The van der Waals surface area contributed by atoms with Crippen LogP contribution >= 0.6 is 11.3 Å². The van der Waals surface area contributed by atoms with E-state index in [4.69, 9.17) is 10.5 Å². The highest BCUT2D eigenvalue weighted by Gasteiger charge is 2.13. The van der Waals surface area contributed by atoms with Gasteiger partial charge in [0.2, 0.25) is 5.88 Å². The highest BCUT2D eigenvalue weighted by molar-refractivity contribution is 7.22. The molecule has 6 nitrogen and oxygen atoms in total. The van der Waals surface area contributed by atoms with E-state index in [9.17, 15) is 0 Å². The third kappa shape index (κ3) is 3.32. The minimum absolute atomic E-state index is 0.301. The molecule has 0 aliphatic rings. The standard InChI is InChI=1S/C22H17N5OS/c1-13-5-4-8-17-19(13)26-22(29-17)27-20-18(23)21(25-12-24-20)28-16-10-9-14-6-2-3-7-15(14)11-16/h2-12H,23H2,1H3,(H,24,25,26,27). The van der Waals surface area contributed by atoms with Crippen molar-refractivity contribution in [1.82, 2.24) is 15.0 Å². The Hall–Kier alpha value is -3.71. The Morgan fingerprint density at radius 2 is 1.83 bits per heavy atom. The van der Waals surface area contributed by atoms with Crippen LogP contribution in [-0.4, -0.2) is 15.0 Å². The molecule has 0 amide bonds. The molecule has 0 saturated carbocycles. The van der Waals surface area contributed by atoms with Crippen LogP contribution in [0.4, 0.5) is 16.6 Å². The van der Waals surface area contributed by atoms with Gasteiger partial charge in [0.05, 0.1) is 10.2 Å². The molecule has 3 N–H and O–H groups in total. The van der Waals surface area contributed by atoms with Crippen LogP contribution in [0.3, 0.4) is 0 Å². The lowest BCUT2D eigenvalue weighted by molar-refractivity contribution is 0.465. The molecule has 0 fully saturated rings. The molecule has 0 atom stereocenters. The summed E-state index contributed by atoms with van der Waals surface area (Å²) in [6, 6.07) is 20.1. The first-order chi connectivity index (χ1) is 14.2. The molecule has 2 aromatic heterocycles. The van der Waals surface area contributed by atoms with E-state index in [1.165, 1.54) is 6.33 Å². The zero-order chi connectivity index (χ0) is 19.8. The molecule has 29 heavy (non-hydrogen) atoms. The molecule has 0 spiro atoms. The lowest BCUT2D eigenvalue weighted by atomic mass is 10.1. The van der Waals surface area contributed by atoms with Crippen molar-refractivity contribution in [3.63, 3.8) is 0 Å². The number of nitrogens with zero attached hydrogens (tertiary/aromatic N) is 3. The van der Waals surface area contributed by atoms with E-state index in [2.05, 4.69) is 26.3 Å². The van der Waals surface area contributed by atoms with E-state index in [0.29, 0.717) is 23.1 Å². The van der Waals surface area contributed by atoms with E-state index < -0.39 is 0 Å². The van der Waals surface area contributed by atoms with Crippen molar-refractivity contribution in [1.29, 1.82) is 0 Å². The van der Waals surface area contributed by atoms with E-state index in [-0.39, 0.29) is 0 Å². The van der Waals surface area contributed by atoms with Crippen molar-refractivity contribution in [2.75, 3.05) is 11.1 Å². The predicted octanol–water partition coefficient (Wildman–Crippen LogP) is 5.67. The first-order valence-electron chi connectivity index (χ1n) is 9.08. The summed E-state index contributed by atoms with van der Waals surface area (Å²) in [7, 11) is 0. The molecule has 0 radical (unpaired) electrons. The fourth-order valence-corrected chi connectivity index (χ4v) is 4.09. The van der Waals surface area contributed by atoms with Crippen LogP contribution in [0.25, 0.3) is 21.0 Å². The molecule has 0 aliphatic heterocycles. The summed E-state index contributed by atoms with van der Waals surface area (Å²) in [5, 5.41) is 6.14. The third-order valence-corrected chi connectivity index (χ3v) is 5.56. The number of para-hydroxylation sites is 1. The van der Waals surface area contributed by atoms with Crippen LogP contribution < -0.4 is 15.8 Å². The van der Waals surface area contributed by atoms with Gasteiger partial charge in [0.25, 0.3) is 0 Å². The number of ether oxygens (including phenoxy) is 1. The molecule has 0 aliphatic carbocycles. The molecular formula is C22H17N5OS. The fourth-order valence-electron chi connectivity index (χ4n) is 3.14. The zero-order valence-electron chi connectivity index (χ0n) is 15.6. The molecule has 142 valence electrons. The van der Waals surface area contributed by atoms with Crippen LogP contribution in [-0.2, 0) is 0 Å². The number of nitrogens with one attached hydrogen (secondary N) is 1. The molecule has 5 aromatic rings. The second-order valence-electron chi connectivity index (χ2n) is 6.62. The molecule has 3 aromatic carbocycles.